The molecule has 5 heteroatoms. The number of Topliss-reactive ketones (excluding diaryl/α,β-unsaturated/α-hetero) is 1. The first-order valence-electron chi connectivity index (χ1n) is 6.60. The standard InChI is InChI=1S/C16H13N3OS/c20-13(11-17-19-12-6-2-1-3-7-12)10-16-18-14-8-4-5-9-15(14)21-16/h1-9H,10-11H2. The van der Waals surface area contributed by atoms with E-state index in [2.05, 4.69) is 15.2 Å². The highest BCUT2D eigenvalue weighted by molar-refractivity contribution is 7.18. The first kappa shape index (κ1) is 13.6. The van der Waals surface area contributed by atoms with E-state index in [1.807, 2.05) is 54.6 Å². The molecular formula is C16H13N3OS. The molecule has 0 fully saturated rings. The van der Waals surface area contributed by atoms with Crippen LogP contribution in [0.1, 0.15) is 5.01 Å². The molecule has 0 aliphatic heterocycles. The lowest BCUT2D eigenvalue weighted by Gasteiger charge is -1.93. The van der Waals surface area contributed by atoms with E-state index in [1.165, 1.54) is 0 Å². The highest BCUT2D eigenvalue weighted by atomic mass is 32.1. The zero-order chi connectivity index (χ0) is 14.5. The Morgan fingerprint density at radius 3 is 2.62 bits per heavy atom. The molecule has 3 rings (SSSR count). The molecule has 4 nitrogen and oxygen atoms in total. The Morgan fingerprint density at radius 2 is 1.81 bits per heavy atom. The number of ketones is 1. The van der Waals surface area contributed by atoms with E-state index in [9.17, 15) is 4.79 Å². The van der Waals surface area contributed by atoms with Gasteiger partial charge in [0, 0.05) is 0 Å². The third-order valence-electron chi connectivity index (χ3n) is 2.88. The van der Waals surface area contributed by atoms with Crippen molar-refractivity contribution in [2.75, 3.05) is 6.54 Å². The third-order valence-corrected chi connectivity index (χ3v) is 3.91. The Kier molecular flexibility index (Phi) is 4.12. The van der Waals surface area contributed by atoms with Gasteiger partial charge in [-0.05, 0) is 24.3 Å². The van der Waals surface area contributed by atoms with Crippen molar-refractivity contribution in [2.45, 2.75) is 6.42 Å². The highest BCUT2D eigenvalue weighted by Gasteiger charge is 2.08. The molecule has 0 radical (unpaired) electrons. The molecule has 2 aromatic carbocycles. The Labute approximate surface area is 126 Å². The van der Waals surface area contributed by atoms with Gasteiger partial charge in [-0.2, -0.15) is 10.2 Å². The predicted molar refractivity (Wildman–Crippen MR) is 84.2 cm³/mol. The molecule has 0 saturated carbocycles. The van der Waals surface area contributed by atoms with Crippen molar-refractivity contribution in [1.82, 2.24) is 4.98 Å². The van der Waals surface area contributed by atoms with E-state index < -0.39 is 0 Å². The number of fused-ring (bicyclic) bond motifs is 1. The second-order valence-electron chi connectivity index (χ2n) is 4.53. The highest BCUT2D eigenvalue weighted by Crippen LogP contribution is 2.21. The lowest BCUT2D eigenvalue weighted by atomic mass is 10.3. The molecule has 0 spiro atoms. The Balaban J connectivity index is 1.60. The van der Waals surface area contributed by atoms with Gasteiger partial charge in [0.1, 0.15) is 11.6 Å². The van der Waals surface area contributed by atoms with Gasteiger partial charge in [0.25, 0.3) is 0 Å². The molecule has 21 heavy (non-hydrogen) atoms. The van der Waals surface area contributed by atoms with E-state index in [1.54, 1.807) is 11.3 Å². The van der Waals surface area contributed by atoms with Gasteiger partial charge in [0.05, 0.1) is 22.3 Å². The number of azo groups is 1. The number of rotatable bonds is 5. The summed E-state index contributed by atoms with van der Waals surface area (Å²) in [4.78, 5) is 16.3. The van der Waals surface area contributed by atoms with Crippen molar-refractivity contribution in [1.29, 1.82) is 0 Å². The molecule has 3 aromatic rings. The summed E-state index contributed by atoms with van der Waals surface area (Å²) in [6.07, 6.45) is 0.313. The largest absolute Gasteiger partial charge is 0.297 e. The molecule has 0 unspecified atom stereocenters. The van der Waals surface area contributed by atoms with E-state index in [0.717, 1.165) is 20.9 Å². The number of nitrogens with zero attached hydrogens (tertiary/aromatic N) is 3. The van der Waals surface area contributed by atoms with Gasteiger partial charge < -0.3 is 0 Å². The van der Waals surface area contributed by atoms with Crippen LogP contribution >= 0.6 is 11.3 Å². The maximum atomic E-state index is 11.9. The number of aromatic nitrogens is 1. The predicted octanol–water partition coefficient (Wildman–Crippen LogP) is 4.19. The Morgan fingerprint density at radius 1 is 1.05 bits per heavy atom. The number of carbonyl (C=O) groups is 1. The second-order valence-corrected chi connectivity index (χ2v) is 5.64. The van der Waals surface area contributed by atoms with Crippen LogP contribution in [0.4, 0.5) is 5.69 Å². The van der Waals surface area contributed by atoms with Gasteiger partial charge in [-0.1, -0.05) is 30.3 Å². The summed E-state index contributed by atoms with van der Waals surface area (Å²) in [5, 5.41) is 8.79. The van der Waals surface area contributed by atoms with E-state index in [0.29, 0.717) is 6.42 Å². The second kappa shape index (κ2) is 6.37. The fourth-order valence-electron chi connectivity index (χ4n) is 1.91. The van der Waals surface area contributed by atoms with Crippen LogP contribution in [0.3, 0.4) is 0 Å². The van der Waals surface area contributed by atoms with Crippen LogP contribution in [0.5, 0.6) is 0 Å². The first-order valence-corrected chi connectivity index (χ1v) is 7.41. The van der Waals surface area contributed by atoms with Crippen LogP contribution in [-0.2, 0) is 11.2 Å². The van der Waals surface area contributed by atoms with Crippen molar-refractivity contribution >= 4 is 33.0 Å². The molecule has 0 saturated heterocycles. The molecular weight excluding hydrogens is 282 g/mol. The maximum absolute atomic E-state index is 11.9. The Hall–Kier alpha value is -2.40. The number of thiazole rings is 1. The molecule has 0 bridgehead atoms. The number of benzene rings is 2. The van der Waals surface area contributed by atoms with Gasteiger partial charge in [-0.15, -0.1) is 11.3 Å². The van der Waals surface area contributed by atoms with Gasteiger partial charge in [-0.25, -0.2) is 4.98 Å². The lowest BCUT2D eigenvalue weighted by molar-refractivity contribution is -0.117. The van der Waals surface area contributed by atoms with E-state index in [4.69, 9.17) is 0 Å². The summed E-state index contributed by atoms with van der Waals surface area (Å²) in [5.41, 5.74) is 1.70. The normalized spacial score (nSPS) is 11.2. The average molecular weight is 295 g/mol. The number of hydrogen-bond acceptors (Lipinski definition) is 5. The molecule has 0 atom stereocenters. The third kappa shape index (κ3) is 3.58. The van der Waals surface area contributed by atoms with E-state index >= 15 is 0 Å². The van der Waals surface area contributed by atoms with Crippen LogP contribution in [-0.4, -0.2) is 17.3 Å². The van der Waals surface area contributed by atoms with Crippen molar-refractivity contribution in [2.24, 2.45) is 10.2 Å². The maximum Gasteiger partial charge on any atom is 0.162 e. The minimum atomic E-state index is 0.0220. The van der Waals surface area contributed by atoms with Crippen LogP contribution in [0.2, 0.25) is 0 Å². The van der Waals surface area contributed by atoms with Gasteiger partial charge in [-0.3, -0.25) is 4.79 Å². The molecule has 0 aliphatic rings. The Bertz CT molecular complexity index is 747. The van der Waals surface area contributed by atoms with Crippen molar-refractivity contribution in [3.63, 3.8) is 0 Å². The summed E-state index contributed by atoms with van der Waals surface area (Å²) >= 11 is 1.55. The van der Waals surface area contributed by atoms with Crippen LogP contribution < -0.4 is 0 Å². The quantitative estimate of drug-likeness (QED) is 0.663. The smallest absolute Gasteiger partial charge is 0.162 e. The fourth-order valence-corrected chi connectivity index (χ4v) is 2.91. The van der Waals surface area contributed by atoms with Gasteiger partial charge in [0.15, 0.2) is 5.78 Å². The molecule has 104 valence electrons. The van der Waals surface area contributed by atoms with Crippen LogP contribution in [0.15, 0.2) is 64.8 Å². The number of carbonyl (C=O) groups excluding carboxylic acids is 1. The lowest BCUT2D eigenvalue weighted by Crippen LogP contribution is -2.05. The minimum absolute atomic E-state index is 0.0220. The summed E-state index contributed by atoms with van der Waals surface area (Å²) in [7, 11) is 0. The fraction of sp³-hybridized carbons (Fsp3) is 0.125. The van der Waals surface area contributed by atoms with Crippen molar-refractivity contribution in [3.8, 4) is 0 Å². The summed E-state index contributed by atoms with van der Waals surface area (Å²) in [6, 6.07) is 17.3. The minimum Gasteiger partial charge on any atom is -0.297 e. The summed E-state index contributed by atoms with van der Waals surface area (Å²) in [6.45, 7) is 0.0881. The molecule has 0 N–H and O–H groups in total. The zero-order valence-electron chi connectivity index (χ0n) is 11.3. The number of hydrogen-bond donors (Lipinski definition) is 0. The first-order chi connectivity index (χ1) is 10.3. The topological polar surface area (TPSA) is 54.7 Å². The summed E-state index contributed by atoms with van der Waals surface area (Å²) in [5.74, 6) is 0.0220. The number of para-hydroxylation sites is 1. The summed E-state index contributed by atoms with van der Waals surface area (Å²) < 4.78 is 1.10. The average Bonchev–Trinajstić information content (AvgIpc) is 2.90. The van der Waals surface area contributed by atoms with Crippen LogP contribution in [0.25, 0.3) is 10.2 Å². The van der Waals surface area contributed by atoms with Crippen molar-refractivity contribution in [3.05, 3.63) is 59.6 Å². The molecule has 1 heterocycles. The van der Waals surface area contributed by atoms with Crippen molar-refractivity contribution < 1.29 is 4.79 Å². The van der Waals surface area contributed by atoms with E-state index in [-0.39, 0.29) is 12.3 Å². The van der Waals surface area contributed by atoms with Gasteiger partial charge in [0.2, 0.25) is 0 Å². The molecule has 0 aliphatic carbocycles. The van der Waals surface area contributed by atoms with Gasteiger partial charge >= 0.3 is 0 Å². The zero-order valence-corrected chi connectivity index (χ0v) is 12.1. The molecule has 1 aromatic heterocycles. The SMILES string of the molecule is O=C(CN=Nc1ccccc1)Cc1nc2ccccc2s1. The monoisotopic (exact) mass is 295 g/mol. The molecule has 0 amide bonds. The van der Waals surface area contributed by atoms with Crippen LogP contribution in [0, 0.1) is 0 Å².